The molecule has 2 aromatic heterocycles. The van der Waals surface area contributed by atoms with Gasteiger partial charge in [-0.25, -0.2) is 8.78 Å². The third-order valence-corrected chi connectivity index (χ3v) is 5.34. The van der Waals surface area contributed by atoms with Crippen molar-refractivity contribution in [3.63, 3.8) is 0 Å². The second kappa shape index (κ2) is 7.42. The molecule has 9 heteroatoms. The summed E-state index contributed by atoms with van der Waals surface area (Å²) in [6, 6.07) is 12.2. The van der Waals surface area contributed by atoms with Crippen LogP contribution in [0.4, 0.5) is 14.5 Å². The highest BCUT2D eigenvalue weighted by molar-refractivity contribution is 5.91. The molecule has 0 unspecified atom stereocenters. The molecular weight excluding hydrogens is 404 g/mol. The molecule has 0 bridgehead atoms. The van der Waals surface area contributed by atoms with E-state index in [1.807, 2.05) is 30.3 Å². The van der Waals surface area contributed by atoms with E-state index >= 15 is 0 Å². The van der Waals surface area contributed by atoms with Crippen molar-refractivity contribution in [3.8, 4) is 11.4 Å². The number of nitrogens with zero attached hydrogens (tertiary/aromatic N) is 4. The van der Waals surface area contributed by atoms with Crippen LogP contribution in [0.15, 0.2) is 53.3 Å². The van der Waals surface area contributed by atoms with E-state index in [1.54, 1.807) is 4.57 Å². The van der Waals surface area contributed by atoms with E-state index in [-0.39, 0.29) is 23.6 Å². The number of rotatable bonds is 4. The number of carbonyl (C=O) groups excluding carboxylic acids is 1. The molecule has 1 aliphatic carbocycles. The predicted octanol–water partition coefficient (Wildman–Crippen LogP) is 2.96. The van der Waals surface area contributed by atoms with Gasteiger partial charge in [-0.2, -0.15) is 9.50 Å². The second-order valence-electron chi connectivity index (χ2n) is 7.36. The normalized spacial score (nSPS) is 12.8. The van der Waals surface area contributed by atoms with Crippen LogP contribution in [0.2, 0.25) is 0 Å². The van der Waals surface area contributed by atoms with Crippen LogP contribution in [-0.4, -0.2) is 25.1 Å². The van der Waals surface area contributed by atoms with E-state index in [0.29, 0.717) is 30.3 Å². The highest BCUT2D eigenvalue weighted by Gasteiger charge is 2.25. The lowest BCUT2D eigenvalue weighted by Crippen LogP contribution is -2.28. The monoisotopic (exact) mass is 421 g/mol. The summed E-state index contributed by atoms with van der Waals surface area (Å²) in [4.78, 5) is 30.2. The van der Waals surface area contributed by atoms with Crippen LogP contribution in [0.5, 0.6) is 0 Å². The Kier molecular flexibility index (Phi) is 4.58. The van der Waals surface area contributed by atoms with Crippen molar-refractivity contribution in [2.75, 3.05) is 5.32 Å². The topological polar surface area (TPSA) is 81.3 Å². The number of benzene rings is 2. The number of anilines is 1. The highest BCUT2D eigenvalue weighted by atomic mass is 19.1. The van der Waals surface area contributed by atoms with Crippen LogP contribution in [-0.2, 0) is 24.2 Å². The Morgan fingerprint density at radius 3 is 2.68 bits per heavy atom. The molecule has 0 atom stereocenters. The molecule has 5 rings (SSSR count). The SMILES string of the molecule is O=C(Cn1c2c(c(=O)n3nc(-c4ccccc4)nc13)CCC2)Nc1ccc(F)cc1F. The second-order valence-corrected chi connectivity index (χ2v) is 7.36. The largest absolute Gasteiger partial charge is 0.322 e. The first-order valence-corrected chi connectivity index (χ1v) is 9.83. The van der Waals surface area contributed by atoms with Crippen molar-refractivity contribution in [1.82, 2.24) is 19.2 Å². The Labute approximate surface area is 175 Å². The lowest BCUT2D eigenvalue weighted by molar-refractivity contribution is -0.116. The number of carbonyl (C=O) groups is 1. The Bertz CT molecular complexity index is 1380. The van der Waals surface area contributed by atoms with Gasteiger partial charge in [-0.1, -0.05) is 30.3 Å². The van der Waals surface area contributed by atoms with Crippen molar-refractivity contribution >= 4 is 17.4 Å². The quantitative estimate of drug-likeness (QED) is 0.549. The van der Waals surface area contributed by atoms with Crippen molar-refractivity contribution < 1.29 is 13.6 Å². The van der Waals surface area contributed by atoms with Gasteiger partial charge in [0.1, 0.15) is 18.2 Å². The number of halogens is 2. The van der Waals surface area contributed by atoms with E-state index in [2.05, 4.69) is 15.4 Å². The third kappa shape index (κ3) is 3.37. The van der Waals surface area contributed by atoms with Crippen LogP contribution >= 0.6 is 0 Å². The number of hydrogen-bond donors (Lipinski definition) is 1. The average Bonchev–Trinajstić information content (AvgIpc) is 3.42. The van der Waals surface area contributed by atoms with Gasteiger partial charge in [-0.05, 0) is 31.4 Å². The van der Waals surface area contributed by atoms with E-state index in [0.717, 1.165) is 23.7 Å². The lowest BCUT2D eigenvalue weighted by Gasteiger charge is -2.14. The Morgan fingerprint density at radius 2 is 1.90 bits per heavy atom. The molecule has 0 saturated carbocycles. The standard InChI is InChI=1S/C22H17F2N5O2/c23-14-9-10-17(16(24)11-14)25-19(30)12-28-18-8-4-7-15(18)21(31)29-22(28)26-20(27-29)13-5-2-1-3-6-13/h1-3,5-6,9-11H,4,7-8,12H2,(H,25,30). The lowest BCUT2D eigenvalue weighted by atomic mass is 10.2. The zero-order valence-corrected chi connectivity index (χ0v) is 16.3. The van der Waals surface area contributed by atoms with Gasteiger partial charge in [0.05, 0.1) is 5.69 Å². The van der Waals surface area contributed by atoms with Crippen LogP contribution in [0, 0.1) is 11.6 Å². The molecule has 0 saturated heterocycles. The molecule has 0 radical (unpaired) electrons. The van der Waals surface area contributed by atoms with E-state index < -0.39 is 17.5 Å². The molecular formula is C22H17F2N5O2. The predicted molar refractivity (Wildman–Crippen MR) is 110 cm³/mol. The summed E-state index contributed by atoms with van der Waals surface area (Å²) in [5.41, 5.74) is 1.73. The molecule has 1 aliphatic rings. The first kappa shape index (κ1) is 19.1. The van der Waals surface area contributed by atoms with Gasteiger partial charge in [-0.15, -0.1) is 5.10 Å². The molecule has 2 heterocycles. The molecule has 0 aliphatic heterocycles. The van der Waals surface area contributed by atoms with Crippen molar-refractivity contribution in [1.29, 1.82) is 0 Å². The maximum absolute atomic E-state index is 13.9. The van der Waals surface area contributed by atoms with Gasteiger partial charge in [0, 0.05) is 22.9 Å². The Morgan fingerprint density at radius 1 is 1.10 bits per heavy atom. The van der Waals surface area contributed by atoms with Gasteiger partial charge in [-0.3, -0.25) is 9.59 Å². The minimum Gasteiger partial charge on any atom is -0.322 e. The summed E-state index contributed by atoms with van der Waals surface area (Å²) in [5, 5.41) is 6.83. The molecule has 2 aromatic carbocycles. The van der Waals surface area contributed by atoms with Crippen molar-refractivity contribution in [2.24, 2.45) is 0 Å². The molecule has 1 N–H and O–H groups in total. The molecule has 0 fully saturated rings. The van der Waals surface area contributed by atoms with Gasteiger partial charge in [0.25, 0.3) is 5.56 Å². The van der Waals surface area contributed by atoms with Crippen LogP contribution in [0.3, 0.4) is 0 Å². The summed E-state index contributed by atoms with van der Waals surface area (Å²) in [7, 11) is 0. The molecule has 0 spiro atoms. The molecule has 31 heavy (non-hydrogen) atoms. The zero-order valence-electron chi connectivity index (χ0n) is 16.3. The number of aromatic nitrogens is 4. The smallest absolute Gasteiger partial charge is 0.279 e. The summed E-state index contributed by atoms with van der Waals surface area (Å²) >= 11 is 0. The summed E-state index contributed by atoms with van der Waals surface area (Å²) < 4.78 is 29.9. The fraction of sp³-hybridized carbons (Fsp3) is 0.182. The highest BCUT2D eigenvalue weighted by Crippen LogP contribution is 2.23. The van der Waals surface area contributed by atoms with Crippen molar-refractivity contribution in [3.05, 3.63) is 81.8 Å². The molecule has 1 amide bonds. The molecule has 7 nitrogen and oxygen atoms in total. The number of hydrogen-bond acceptors (Lipinski definition) is 4. The van der Waals surface area contributed by atoms with Gasteiger partial charge in [0.15, 0.2) is 5.82 Å². The molecule has 4 aromatic rings. The summed E-state index contributed by atoms with van der Waals surface area (Å²) in [6.07, 6.45) is 2.02. The third-order valence-electron chi connectivity index (χ3n) is 5.34. The van der Waals surface area contributed by atoms with E-state index in [4.69, 9.17) is 0 Å². The van der Waals surface area contributed by atoms with E-state index in [1.165, 1.54) is 10.6 Å². The Hall–Kier alpha value is -3.88. The van der Waals surface area contributed by atoms with Crippen LogP contribution in [0.25, 0.3) is 17.2 Å². The van der Waals surface area contributed by atoms with Crippen molar-refractivity contribution in [2.45, 2.75) is 25.8 Å². The minimum atomic E-state index is -0.863. The van der Waals surface area contributed by atoms with E-state index in [9.17, 15) is 18.4 Å². The van der Waals surface area contributed by atoms with Crippen LogP contribution < -0.4 is 10.9 Å². The van der Waals surface area contributed by atoms with Gasteiger partial charge < -0.3 is 9.88 Å². The number of fused-ring (bicyclic) bond motifs is 2. The first-order valence-electron chi connectivity index (χ1n) is 9.83. The minimum absolute atomic E-state index is 0.119. The fourth-order valence-corrected chi connectivity index (χ4v) is 3.92. The number of amides is 1. The van der Waals surface area contributed by atoms with Gasteiger partial charge in [0.2, 0.25) is 11.7 Å². The summed E-state index contributed by atoms with van der Waals surface area (Å²) in [5.74, 6) is -1.49. The maximum atomic E-state index is 13.9. The first-order chi connectivity index (χ1) is 15.0. The fourth-order valence-electron chi connectivity index (χ4n) is 3.92. The van der Waals surface area contributed by atoms with Gasteiger partial charge >= 0.3 is 0 Å². The zero-order chi connectivity index (χ0) is 21.5. The maximum Gasteiger partial charge on any atom is 0.279 e. The molecule has 156 valence electrons. The average molecular weight is 421 g/mol. The summed E-state index contributed by atoms with van der Waals surface area (Å²) in [6.45, 7) is -0.185. The van der Waals surface area contributed by atoms with Crippen LogP contribution in [0.1, 0.15) is 17.7 Å². The Balaban J connectivity index is 1.57. The number of nitrogens with one attached hydrogen (secondary N) is 1.